The second-order valence-corrected chi connectivity index (χ2v) is 11.4. The summed E-state index contributed by atoms with van der Waals surface area (Å²) in [5.74, 6) is 2.07. The molecule has 4 aromatic carbocycles. The van der Waals surface area contributed by atoms with Crippen molar-refractivity contribution in [3.05, 3.63) is 121 Å². The molecule has 8 rings (SSSR count). The van der Waals surface area contributed by atoms with Crippen molar-refractivity contribution in [2.45, 2.75) is 26.2 Å². The smallest absolute Gasteiger partial charge is 0.503 e. The summed E-state index contributed by atoms with van der Waals surface area (Å²) in [7, 11) is 0. The van der Waals surface area contributed by atoms with Crippen molar-refractivity contribution in [3.63, 3.8) is 0 Å². The molecule has 206 valence electrons. The van der Waals surface area contributed by atoms with Crippen molar-refractivity contribution in [3.8, 4) is 17.3 Å². The van der Waals surface area contributed by atoms with Gasteiger partial charge < -0.3 is 13.7 Å². The summed E-state index contributed by atoms with van der Waals surface area (Å²) in [6.45, 7) is 6.71. The van der Waals surface area contributed by atoms with Gasteiger partial charge in [0.05, 0.1) is 5.65 Å². The average molecular weight is 726 g/mol. The summed E-state index contributed by atoms with van der Waals surface area (Å²) in [6, 6.07) is 36.2. The number of imidazole rings is 1. The van der Waals surface area contributed by atoms with Crippen molar-refractivity contribution in [2.75, 3.05) is 0 Å². The molecule has 0 aliphatic rings. The van der Waals surface area contributed by atoms with E-state index >= 15 is 0 Å². The number of aromatic nitrogens is 4. The van der Waals surface area contributed by atoms with Crippen molar-refractivity contribution >= 4 is 49.1 Å². The van der Waals surface area contributed by atoms with E-state index in [0.717, 1.165) is 54.9 Å². The van der Waals surface area contributed by atoms with E-state index in [-0.39, 0.29) is 26.5 Å². The number of pyridine rings is 2. The van der Waals surface area contributed by atoms with E-state index in [1.807, 2.05) is 55.0 Å². The Morgan fingerprint density at radius 1 is 0.690 bits per heavy atom. The number of ether oxygens (including phenoxy) is 1. The molecule has 0 radical (unpaired) electrons. The van der Waals surface area contributed by atoms with E-state index < -0.39 is 0 Å². The molecule has 0 fully saturated rings. The Hall–Kier alpha value is -4.47. The van der Waals surface area contributed by atoms with Crippen molar-refractivity contribution in [1.82, 2.24) is 18.9 Å². The van der Waals surface area contributed by atoms with Crippen LogP contribution < -0.4 is 4.74 Å². The van der Waals surface area contributed by atoms with Crippen LogP contribution in [0.15, 0.2) is 104 Å². The third-order valence-electron chi connectivity index (χ3n) is 7.85. The van der Waals surface area contributed by atoms with Gasteiger partial charge in [-0.2, -0.15) is 6.07 Å². The number of hydrogen-bond donors (Lipinski definition) is 0. The Balaban J connectivity index is 0.00000288. The van der Waals surface area contributed by atoms with E-state index in [1.165, 1.54) is 5.56 Å². The summed E-state index contributed by atoms with van der Waals surface area (Å²) in [5, 5.41) is 5.43. The molecule has 4 aromatic heterocycles. The van der Waals surface area contributed by atoms with Gasteiger partial charge in [0.2, 0.25) is 0 Å². The van der Waals surface area contributed by atoms with Gasteiger partial charge in [-0.1, -0.05) is 79.5 Å². The Kier molecular flexibility index (Phi) is 6.18. The summed E-state index contributed by atoms with van der Waals surface area (Å²) >= 11 is 0. The fourth-order valence-corrected chi connectivity index (χ4v) is 5.82. The van der Waals surface area contributed by atoms with E-state index in [9.17, 15) is 0 Å². The summed E-state index contributed by atoms with van der Waals surface area (Å²) < 4.78 is 10.7. The standard InChI is InChI=1S/C36H26N4O.Pt/c1-36(2,3)23-11-14-28-26-15-12-24(21-30(26)35-38-18-19-39(35)32(28)20-23)41-25-13-16-29-27-8-4-5-9-31(27)40(33(29)22-25)34-10-6-7-17-37-34;/h4-20H,1-3H3;/q-2;+2. The van der Waals surface area contributed by atoms with E-state index in [2.05, 4.69) is 95.4 Å². The molecule has 6 heteroatoms. The van der Waals surface area contributed by atoms with Crippen LogP contribution in [0.1, 0.15) is 26.3 Å². The van der Waals surface area contributed by atoms with Gasteiger partial charge in [-0.25, -0.2) is 4.98 Å². The molecule has 5 nitrogen and oxygen atoms in total. The second kappa shape index (κ2) is 9.82. The topological polar surface area (TPSA) is 44.3 Å². The minimum Gasteiger partial charge on any atom is -0.503 e. The molecule has 0 saturated carbocycles. The molecule has 0 aliphatic carbocycles. The molecule has 8 aromatic rings. The molecular weight excluding hydrogens is 700 g/mol. The molecule has 0 saturated heterocycles. The minimum atomic E-state index is 0. The minimum absolute atomic E-state index is 0. The molecule has 0 spiro atoms. The van der Waals surface area contributed by atoms with E-state index in [0.29, 0.717) is 11.5 Å². The number of fused-ring (bicyclic) bond motifs is 9. The zero-order valence-corrected chi connectivity index (χ0v) is 25.6. The van der Waals surface area contributed by atoms with Crippen molar-refractivity contribution in [1.29, 1.82) is 0 Å². The maximum Gasteiger partial charge on any atom is 2.00 e. The van der Waals surface area contributed by atoms with E-state index in [4.69, 9.17) is 9.72 Å². The Morgan fingerprint density at radius 2 is 1.43 bits per heavy atom. The number of para-hydroxylation sites is 1. The molecule has 0 atom stereocenters. The van der Waals surface area contributed by atoms with Gasteiger partial charge in [0.15, 0.2) is 0 Å². The van der Waals surface area contributed by atoms with Gasteiger partial charge in [-0.05, 0) is 46.0 Å². The van der Waals surface area contributed by atoms with Gasteiger partial charge in [0, 0.05) is 41.1 Å². The van der Waals surface area contributed by atoms with Crippen LogP contribution in [0.4, 0.5) is 0 Å². The number of benzene rings is 4. The molecular formula is C36H26N4OPt. The molecule has 0 N–H and O–H groups in total. The van der Waals surface area contributed by atoms with Crippen LogP contribution in [0, 0.1) is 12.1 Å². The average Bonchev–Trinajstić information content (AvgIpc) is 3.60. The molecule has 0 amide bonds. The zero-order chi connectivity index (χ0) is 27.7. The van der Waals surface area contributed by atoms with Gasteiger partial charge in [0.1, 0.15) is 5.82 Å². The number of hydrogen-bond acceptors (Lipinski definition) is 3. The predicted molar refractivity (Wildman–Crippen MR) is 165 cm³/mol. The molecule has 4 heterocycles. The Bertz CT molecular complexity index is 2280. The monoisotopic (exact) mass is 725 g/mol. The first-order valence-electron chi connectivity index (χ1n) is 13.8. The van der Waals surface area contributed by atoms with Gasteiger partial charge in [-0.3, -0.25) is 4.98 Å². The van der Waals surface area contributed by atoms with Crippen molar-refractivity contribution in [2.24, 2.45) is 0 Å². The maximum atomic E-state index is 6.40. The normalized spacial score (nSPS) is 12.0. The fourth-order valence-electron chi connectivity index (χ4n) is 5.82. The summed E-state index contributed by atoms with van der Waals surface area (Å²) in [6.07, 6.45) is 5.67. The quantitative estimate of drug-likeness (QED) is 0.135. The largest absolute Gasteiger partial charge is 2.00 e. The second-order valence-electron chi connectivity index (χ2n) is 11.4. The SMILES string of the molecule is CC(C)(C)c1ccc2c3ccc(Oc4[c-]c5c(cc4)c4ccccc4n5-c4ccccn4)[c-]c3c3nccn3c2c1.[Pt+2]. The van der Waals surface area contributed by atoms with E-state index in [1.54, 1.807) is 0 Å². The van der Waals surface area contributed by atoms with Crippen LogP contribution in [0.5, 0.6) is 11.5 Å². The Labute approximate surface area is 257 Å². The Morgan fingerprint density at radius 3 is 2.24 bits per heavy atom. The maximum absolute atomic E-state index is 6.40. The van der Waals surface area contributed by atoms with Crippen molar-refractivity contribution < 1.29 is 25.8 Å². The molecule has 0 unspecified atom stereocenters. The molecule has 0 aliphatic heterocycles. The zero-order valence-electron chi connectivity index (χ0n) is 23.3. The number of nitrogens with zero attached hydrogens (tertiary/aromatic N) is 4. The van der Waals surface area contributed by atoms with Crippen LogP contribution in [0.25, 0.3) is 54.9 Å². The van der Waals surface area contributed by atoms with Crippen LogP contribution in [-0.2, 0) is 26.5 Å². The molecule has 0 bridgehead atoms. The number of rotatable bonds is 3. The van der Waals surface area contributed by atoms with Crippen LogP contribution in [0.3, 0.4) is 0 Å². The predicted octanol–water partition coefficient (Wildman–Crippen LogP) is 8.82. The summed E-state index contributed by atoms with van der Waals surface area (Å²) in [5.41, 5.74) is 5.34. The van der Waals surface area contributed by atoms with Gasteiger partial charge in [-0.15, -0.1) is 29.7 Å². The first-order valence-corrected chi connectivity index (χ1v) is 13.8. The van der Waals surface area contributed by atoms with Crippen LogP contribution >= 0.6 is 0 Å². The third kappa shape index (κ3) is 4.11. The first-order chi connectivity index (χ1) is 20.0. The van der Waals surface area contributed by atoms with Crippen LogP contribution in [-0.4, -0.2) is 18.9 Å². The van der Waals surface area contributed by atoms with Gasteiger partial charge >= 0.3 is 21.1 Å². The third-order valence-corrected chi connectivity index (χ3v) is 7.85. The summed E-state index contributed by atoms with van der Waals surface area (Å²) in [4.78, 5) is 9.33. The first kappa shape index (κ1) is 26.4. The van der Waals surface area contributed by atoms with Crippen LogP contribution in [0.2, 0.25) is 0 Å². The van der Waals surface area contributed by atoms with Gasteiger partial charge in [0.25, 0.3) is 0 Å². The molecule has 42 heavy (non-hydrogen) atoms. The fraction of sp³-hybridized carbons (Fsp3) is 0.111.